The molecule has 6 nitrogen and oxygen atoms in total. The zero-order chi connectivity index (χ0) is 16.8. The second-order valence-corrected chi connectivity index (χ2v) is 5.77. The fourth-order valence-corrected chi connectivity index (χ4v) is 2.63. The minimum Gasteiger partial charge on any atom is -0.444 e. The molecule has 2 aromatic rings. The van der Waals surface area contributed by atoms with Crippen LogP contribution in [-0.2, 0) is 11.2 Å². The molecule has 0 bridgehead atoms. The molecule has 0 unspecified atom stereocenters. The van der Waals surface area contributed by atoms with Crippen LogP contribution < -0.4 is 10.6 Å². The molecule has 0 saturated carbocycles. The van der Waals surface area contributed by atoms with Crippen LogP contribution >= 0.6 is 24.8 Å². The number of hydrogen-bond acceptors (Lipinski definition) is 5. The summed E-state index contributed by atoms with van der Waals surface area (Å²) in [6.45, 7) is 5.51. The minimum absolute atomic E-state index is 0. The van der Waals surface area contributed by atoms with Gasteiger partial charge in [-0.05, 0) is 24.3 Å². The number of hydrogen-bond donors (Lipinski definition) is 2. The molecular weight excluding hydrogens is 382 g/mol. The van der Waals surface area contributed by atoms with Crippen molar-refractivity contribution in [1.82, 2.24) is 20.5 Å². The summed E-state index contributed by atoms with van der Waals surface area (Å²) in [5, 5.41) is 6.20. The Morgan fingerprint density at radius 2 is 1.92 bits per heavy atom. The number of piperazine rings is 1. The lowest BCUT2D eigenvalue weighted by molar-refractivity contribution is -0.120. The first-order valence-corrected chi connectivity index (χ1v) is 8.11. The van der Waals surface area contributed by atoms with Crippen molar-refractivity contribution in [3.63, 3.8) is 0 Å². The van der Waals surface area contributed by atoms with Crippen LogP contribution in [0.1, 0.15) is 5.69 Å². The van der Waals surface area contributed by atoms with Crippen LogP contribution in [0.5, 0.6) is 0 Å². The van der Waals surface area contributed by atoms with E-state index in [4.69, 9.17) is 4.42 Å². The summed E-state index contributed by atoms with van der Waals surface area (Å²) in [7, 11) is 0. The fourth-order valence-electron chi connectivity index (χ4n) is 2.63. The predicted octanol–water partition coefficient (Wildman–Crippen LogP) is 1.89. The summed E-state index contributed by atoms with van der Waals surface area (Å²) in [4.78, 5) is 18.6. The molecule has 1 aliphatic heterocycles. The van der Waals surface area contributed by atoms with E-state index >= 15 is 0 Å². The number of oxazole rings is 1. The van der Waals surface area contributed by atoms with Crippen LogP contribution in [-0.4, -0.2) is 55.1 Å². The van der Waals surface area contributed by atoms with E-state index < -0.39 is 0 Å². The molecule has 0 radical (unpaired) electrons. The summed E-state index contributed by atoms with van der Waals surface area (Å²) in [6, 6.07) is 5.89. The number of amides is 1. The van der Waals surface area contributed by atoms with Gasteiger partial charge in [0.15, 0.2) is 0 Å². The molecule has 1 amide bonds. The Labute approximate surface area is 164 Å². The molecule has 144 valence electrons. The lowest BCUT2D eigenvalue weighted by Gasteiger charge is -2.27. The highest BCUT2D eigenvalue weighted by atomic mass is 35.5. The van der Waals surface area contributed by atoms with Crippen LogP contribution in [0.4, 0.5) is 4.39 Å². The van der Waals surface area contributed by atoms with Gasteiger partial charge < -0.3 is 15.1 Å². The van der Waals surface area contributed by atoms with Gasteiger partial charge in [-0.2, -0.15) is 0 Å². The highest BCUT2D eigenvalue weighted by Crippen LogP contribution is 2.19. The Hall–Kier alpha value is -1.67. The van der Waals surface area contributed by atoms with Gasteiger partial charge in [-0.3, -0.25) is 9.69 Å². The van der Waals surface area contributed by atoms with Crippen molar-refractivity contribution in [1.29, 1.82) is 0 Å². The first kappa shape index (κ1) is 22.4. The predicted molar refractivity (Wildman–Crippen MR) is 102 cm³/mol. The number of benzene rings is 1. The van der Waals surface area contributed by atoms with Crippen molar-refractivity contribution in [3.05, 3.63) is 42.0 Å². The minimum atomic E-state index is -0.311. The number of aromatic nitrogens is 1. The molecule has 1 aliphatic rings. The first-order valence-electron chi connectivity index (χ1n) is 8.11. The Kier molecular flexibility index (Phi) is 9.58. The maximum atomic E-state index is 12.9. The van der Waals surface area contributed by atoms with E-state index in [2.05, 4.69) is 20.5 Å². The molecule has 1 aromatic carbocycles. The molecule has 3 rings (SSSR count). The number of nitrogens with one attached hydrogen (secondary N) is 2. The zero-order valence-electron chi connectivity index (χ0n) is 14.2. The number of carbonyl (C=O) groups is 1. The van der Waals surface area contributed by atoms with Crippen molar-refractivity contribution < 1.29 is 13.6 Å². The van der Waals surface area contributed by atoms with Gasteiger partial charge in [-0.25, -0.2) is 9.37 Å². The molecule has 2 N–H and O–H groups in total. The summed E-state index contributed by atoms with van der Waals surface area (Å²) in [5.74, 6) is -0.00268. The largest absolute Gasteiger partial charge is 0.444 e. The second kappa shape index (κ2) is 11.1. The Morgan fingerprint density at radius 1 is 1.23 bits per heavy atom. The van der Waals surface area contributed by atoms with Gasteiger partial charge in [-0.1, -0.05) is 0 Å². The summed E-state index contributed by atoms with van der Waals surface area (Å²) in [5.41, 5.74) is 1.25. The highest BCUT2D eigenvalue weighted by Gasteiger charge is 2.12. The number of halogens is 3. The summed E-state index contributed by atoms with van der Waals surface area (Å²) in [6.07, 6.45) is 1.64. The quantitative estimate of drug-likeness (QED) is 0.768. The van der Waals surface area contributed by atoms with E-state index in [0.717, 1.165) is 32.7 Å². The van der Waals surface area contributed by atoms with Gasteiger partial charge in [0.2, 0.25) is 11.8 Å². The van der Waals surface area contributed by atoms with Crippen LogP contribution in [0.3, 0.4) is 0 Å². The van der Waals surface area contributed by atoms with Crippen LogP contribution in [0.15, 0.2) is 34.9 Å². The van der Waals surface area contributed by atoms with E-state index in [1.807, 2.05) is 0 Å². The Balaban J connectivity index is 0.00000169. The lowest BCUT2D eigenvalue weighted by atomic mass is 10.2. The molecule has 26 heavy (non-hydrogen) atoms. The average molecular weight is 405 g/mol. The summed E-state index contributed by atoms with van der Waals surface area (Å²) < 4.78 is 18.3. The van der Waals surface area contributed by atoms with Gasteiger partial charge in [-0.15, -0.1) is 24.8 Å². The number of carbonyl (C=O) groups excluding carboxylic acids is 1. The normalized spacial score (nSPS) is 14.2. The molecule has 1 saturated heterocycles. The van der Waals surface area contributed by atoms with E-state index in [-0.39, 0.29) is 43.0 Å². The van der Waals surface area contributed by atoms with E-state index in [1.54, 1.807) is 12.1 Å². The summed E-state index contributed by atoms with van der Waals surface area (Å²) >= 11 is 0. The average Bonchev–Trinajstić information content (AvgIpc) is 3.05. The SMILES string of the molecule is Cl.Cl.O=C(Cc1coc(-c2ccc(F)cc2)n1)NCCN1CCNCC1. The first-order chi connectivity index (χ1) is 11.7. The Bertz CT molecular complexity index is 676. The third-order valence-electron chi connectivity index (χ3n) is 3.94. The molecule has 2 heterocycles. The van der Waals surface area contributed by atoms with Crippen LogP contribution in [0, 0.1) is 5.82 Å². The van der Waals surface area contributed by atoms with Crippen LogP contribution in [0.2, 0.25) is 0 Å². The third kappa shape index (κ3) is 6.57. The van der Waals surface area contributed by atoms with Gasteiger partial charge in [0.05, 0.1) is 12.1 Å². The van der Waals surface area contributed by atoms with E-state index in [0.29, 0.717) is 23.7 Å². The molecule has 0 atom stereocenters. The molecule has 1 fully saturated rings. The van der Waals surface area contributed by atoms with Crippen LogP contribution in [0.25, 0.3) is 11.5 Å². The van der Waals surface area contributed by atoms with Crippen molar-refractivity contribution in [3.8, 4) is 11.5 Å². The monoisotopic (exact) mass is 404 g/mol. The number of nitrogens with zero attached hydrogens (tertiary/aromatic N) is 2. The number of rotatable bonds is 6. The van der Waals surface area contributed by atoms with E-state index in [1.165, 1.54) is 18.4 Å². The van der Waals surface area contributed by atoms with E-state index in [9.17, 15) is 9.18 Å². The van der Waals surface area contributed by atoms with Crippen molar-refractivity contribution in [2.45, 2.75) is 6.42 Å². The molecule has 0 spiro atoms. The van der Waals surface area contributed by atoms with Gasteiger partial charge in [0.1, 0.15) is 12.1 Å². The Morgan fingerprint density at radius 3 is 2.62 bits per heavy atom. The molecular formula is C17H23Cl2FN4O2. The molecule has 9 heteroatoms. The highest BCUT2D eigenvalue weighted by molar-refractivity contribution is 5.85. The van der Waals surface area contributed by atoms with Gasteiger partial charge in [0, 0.05) is 44.8 Å². The van der Waals surface area contributed by atoms with Crippen molar-refractivity contribution >= 4 is 30.7 Å². The fraction of sp³-hybridized carbons (Fsp3) is 0.412. The van der Waals surface area contributed by atoms with Crippen molar-refractivity contribution in [2.75, 3.05) is 39.3 Å². The standard InChI is InChI=1S/C17H21FN4O2.2ClH/c18-14-3-1-13(2-4-14)17-21-15(12-24-17)11-16(23)20-7-10-22-8-5-19-6-9-22;;/h1-4,12,19H,5-11H2,(H,20,23);2*1H. The second-order valence-electron chi connectivity index (χ2n) is 5.77. The van der Waals surface area contributed by atoms with Gasteiger partial charge in [0.25, 0.3) is 0 Å². The topological polar surface area (TPSA) is 70.4 Å². The molecule has 0 aliphatic carbocycles. The van der Waals surface area contributed by atoms with Gasteiger partial charge >= 0.3 is 0 Å². The maximum Gasteiger partial charge on any atom is 0.226 e. The lowest BCUT2D eigenvalue weighted by Crippen LogP contribution is -2.46. The maximum absolute atomic E-state index is 12.9. The zero-order valence-corrected chi connectivity index (χ0v) is 15.9. The molecule has 1 aromatic heterocycles. The van der Waals surface area contributed by atoms with Crippen molar-refractivity contribution in [2.24, 2.45) is 0 Å². The third-order valence-corrected chi connectivity index (χ3v) is 3.94. The smallest absolute Gasteiger partial charge is 0.226 e.